The number of nitrogens with two attached hydrogens (primary N) is 1. The molecule has 4 atom stereocenters. The molecule has 0 aromatic rings. The van der Waals surface area contributed by atoms with Gasteiger partial charge < -0.3 is 25.8 Å². The molecule has 0 spiro atoms. The highest BCUT2D eigenvalue weighted by molar-refractivity contribution is 4.83. The van der Waals surface area contributed by atoms with E-state index in [1.54, 1.807) is 0 Å². The van der Waals surface area contributed by atoms with Crippen molar-refractivity contribution in [3.8, 4) is 0 Å². The summed E-state index contributed by atoms with van der Waals surface area (Å²) in [5.41, 5.74) is 5.19. The lowest BCUT2D eigenvalue weighted by Gasteiger charge is -2.32. The summed E-state index contributed by atoms with van der Waals surface area (Å²) in [4.78, 5) is 0. The molecule has 1 saturated heterocycles. The lowest BCUT2D eigenvalue weighted by atomic mass is 10.1. The molecular formula is C5H11NO4. The van der Waals surface area contributed by atoms with Crippen LogP contribution < -0.4 is 5.73 Å². The first-order chi connectivity index (χ1) is 4.63. The monoisotopic (exact) mass is 149 g/mol. The smallest absolute Gasteiger partial charge is 0.134 e. The highest BCUT2D eigenvalue weighted by Crippen LogP contribution is 2.11. The largest absolute Gasteiger partial charge is 0.388 e. The third kappa shape index (κ3) is 1.28. The standard InChI is InChI=1S/C5H11NO4/c6-5-4(9)3(8)2(7)1-10-5/h2-5,7-9H,1,6H2/t2-,3-,4+,5?/m1/s1. The summed E-state index contributed by atoms with van der Waals surface area (Å²) in [5.74, 6) is 0. The molecule has 5 nitrogen and oxygen atoms in total. The molecule has 0 radical (unpaired) electrons. The van der Waals surface area contributed by atoms with Crippen molar-refractivity contribution in [1.29, 1.82) is 0 Å². The van der Waals surface area contributed by atoms with E-state index >= 15 is 0 Å². The van der Waals surface area contributed by atoms with Crippen molar-refractivity contribution in [2.45, 2.75) is 24.5 Å². The van der Waals surface area contributed by atoms with Gasteiger partial charge in [0.2, 0.25) is 0 Å². The number of aliphatic hydroxyl groups is 3. The van der Waals surface area contributed by atoms with Crippen LogP contribution in [0.4, 0.5) is 0 Å². The minimum atomic E-state index is -1.19. The second-order valence-electron chi connectivity index (χ2n) is 2.35. The zero-order chi connectivity index (χ0) is 7.72. The van der Waals surface area contributed by atoms with Crippen molar-refractivity contribution < 1.29 is 20.1 Å². The maximum absolute atomic E-state index is 8.96. The maximum atomic E-state index is 8.96. The molecule has 0 aliphatic carbocycles. The fraction of sp³-hybridized carbons (Fsp3) is 1.00. The van der Waals surface area contributed by atoms with Crippen molar-refractivity contribution in [2.75, 3.05) is 6.61 Å². The molecule has 1 unspecified atom stereocenters. The van der Waals surface area contributed by atoms with Gasteiger partial charge >= 0.3 is 0 Å². The zero-order valence-corrected chi connectivity index (χ0v) is 5.34. The molecule has 5 N–H and O–H groups in total. The van der Waals surface area contributed by atoms with Gasteiger partial charge in [0.05, 0.1) is 6.61 Å². The second-order valence-corrected chi connectivity index (χ2v) is 2.35. The Bertz CT molecular complexity index is 106. The molecule has 0 bridgehead atoms. The van der Waals surface area contributed by atoms with Gasteiger partial charge in [-0.3, -0.25) is 0 Å². The molecule has 1 aliphatic heterocycles. The van der Waals surface area contributed by atoms with Crippen molar-refractivity contribution in [1.82, 2.24) is 0 Å². The molecule has 1 rings (SSSR count). The first kappa shape index (κ1) is 7.90. The quantitative estimate of drug-likeness (QED) is 0.302. The number of ether oxygens (including phenoxy) is 1. The Hall–Kier alpha value is -0.200. The first-order valence-corrected chi connectivity index (χ1v) is 3.04. The molecule has 1 fully saturated rings. The number of hydrogen-bond donors (Lipinski definition) is 4. The van der Waals surface area contributed by atoms with Crippen LogP contribution in [0, 0.1) is 0 Å². The Balaban J connectivity index is 2.52. The molecule has 10 heavy (non-hydrogen) atoms. The van der Waals surface area contributed by atoms with E-state index in [1.165, 1.54) is 0 Å². The van der Waals surface area contributed by atoms with Gasteiger partial charge in [-0.25, -0.2) is 0 Å². The summed E-state index contributed by atoms with van der Waals surface area (Å²) in [5, 5.41) is 26.8. The molecular weight excluding hydrogens is 138 g/mol. The van der Waals surface area contributed by atoms with Crippen LogP contribution in [-0.2, 0) is 4.74 Å². The predicted molar refractivity (Wildman–Crippen MR) is 31.9 cm³/mol. The first-order valence-electron chi connectivity index (χ1n) is 3.04. The Morgan fingerprint density at radius 3 is 2.30 bits per heavy atom. The molecule has 0 amide bonds. The van der Waals surface area contributed by atoms with Crippen molar-refractivity contribution in [2.24, 2.45) is 5.73 Å². The average molecular weight is 149 g/mol. The molecule has 1 aliphatic rings. The number of hydrogen-bond acceptors (Lipinski definition) is 5. The fourth-order valence-electron chi connectivity index (χ4n) is 0.829. The molecule has 1 heterocycles. The van der Waals surface area contributed by atoms with Crippen molar-refractivity contribution >= 4 is 0 Å². The van der Waals surface area contributed by atoms with Gasteiger partial charge in [0.15, 0.2) is 0 Å². The Morgan fingerprint density at radius 1 is 1.20 bits per heavy atom. The lowest BCUT2D eigenvalue weighted by Crippen LogP contribution is -2.56. The van der Waals surface area contributed by atoms with E-state index in [1.807, 2.05) is 0 Å². The molecule has 0 saturated carbocycles. The number of rotatable bonds is 0. The molecule has 5 heteroatoms. The summed E-state index contributed by atoms with van der Waals surface area (Å²) < 4.78 is 4.69. The predicted octanol–water partition coefficient (Wildman–Crippen LogP) is -2.62. The minimum absolute atomic E-state index is 0.0284. The normalized spacial score (nSPS) is 49.2. The van der Waals surface area contributed by atoms with E-state index in [9.17, 15) is 0 Å². The van der Waals surface area contributed by atoms with Gasteiger partial charge in [-0.2, -0.15) is 0 Å². The summed E-state index contributed by atoms with van der Waals surface area (Å²) >= 11 is 0. The Morgan fingerprint density at radius 2 is 1.80 bits per heavy atom. The van der Waals surface area contributed by atoms with Gasteiger partial charge in [-0.05, 0) is 0 Å². The average Bonchev–Trinajstić information content (AvgIpc) is 1.93. The van der Waals surface area contributed by atoms with Crippen LogP contribution >= 0.6 is 0 Å². The summed E-state index contributed by atoms with van der Waals surface area (Å²) in [6, 6.07) is 0. The topological polar surface area (TPSA) is 95.9 Å². The van der Waals surface area contributed by atoms with E-state index in [4.69, 9.17) is 25.8 Å². The van der Waals surface area contributed by atoms with Crippen LogP contribution in [0.25, 0.3) is 0 Å². The molecule has 0 aromatic carbocycles. The van der Waals surface area contributed by atoms with Crippen molar-refractivity contribution in [3.63, 3.8) is 0 Å². The highest BCUT2D eigenvalue weighted by Gasteiger charge is 2.35. The van der Waals surface area contributed by atoms with Crippen LogP contribution in [0.1, 0.15) is 0 Å². The van der Waals surface area contributed by atoms with Gasteiger partial charge in [0.25, 0.3) is 0 Å². The van der Waals surface area contributed by atoms with Crippen LogP contribution in [0.3, 0.4) is 0 Å². The third-order valence-electron chi connectivity index (χ3n) is 1.54. The maximum Gasteiger partial charge on any atom is 0.134 e. The van der Waals surface area contributed by atoms with Crippen molar-refractivity contribution in [3.05, 3.63) is 0 Å². The zero-order valence-electron chi connectivity index (χ0n) is 5.34. The van der Waals surface area contributed by atoms with Gasteiger partial charge in [0.1, 0.15) is 24.5 Å². The van der Waals surface area contributed by atoms with E-state index in [0.29, 0.717) is 0 Å². The fourth-order valence-corrected chi connectivity index (χ4v) is 0.829. The van der Waals surface area contributed by atoms with E-state index in [2.05, 4.69) is 0 Å². The number of aliphatic hydroxyl groups excluding tert-OH is 3. The van der Waals surface area contributed by atoms with Crippen LogP contribution in [-0.4, -0.2) is 46.5 Å². The van der Waals surface area contributed by atoms with Crippen LogP contribution in [0.5, 0.6) is 0 Å². The lowest BCUT2D eigenvalue weighted by molar-refractivity contribution is -0.184. The summed E-state index contributed by atoms with van der Waals surface area (Å²) in [6.45, 7) is -0.0284. The summed E-state index contributed by atoms with van der Waals surface area (Å²) in [7, 11) is 0. The van der Waals surface area contributed by atoms with Gasteiger partial charge in [0, 0.05) is 0 Å². The minimum Gasteiger partial charge on any atom is -0.388 e. The third-order valence-corrected chi connectivity index (χ3v) is 1.54. The van der Waals surface area contributed by atoms with Gasteiger partial charge in [-0.15, -0.1) is 0 Å². The molecule has 0 aromatic heterocycles. The van der Waals surface area contributed by atoms with Crippen LogP contribution in [0.2, 0.25) is 0 Å². The Labute approximate surface area is 58.0 Å². The van der Waals surface area contributed by atoms with E-state index in [0.717, 1.165) is 0 Å². The SMILES string of the molecule is NC1OC[C@@H](O)[C@@H](O)[C@@H]1O. The highest BCUT2D eigenvalue weighted by atomic mass is 16.5. The van der Waals surface area contributed by atoms with Crippen LogP contribution in [0.15, 0.2) is 0 Å². The Kier molecular flexibility index (Phi) is 2.22. The molecule has 60 valence electrons. The van der Waals surface area contributed by atoms with Gasteiger partial charge in [-0.1, -0.05) is 0 Å². The second kappa shape index (κ2) is 2.81. The summed E-state index contributed by atoms with van der Waals surface area (Å²) in [6.07, 6.45) is -4.30. The van der Waals surface area contributed by atoms with E-state index in [-0.39, 0.29) is 6.61 Å². The van der Waals surface area contributed by atoms with E-state index < -0.39 is 24.5 Å².